The lowest BCUT2D eigenvalue weighted by Gasteiger charge is -2.35. The molecule has 1 atom stereocenters. The Bertz CT molecular complexity index is 495. The van der Waals surface area contributed by atoms with Crippen LogP contribution >= 0.6 is 24.0 Å². The van der Waals surface area contributed by atoms with E-state index >= 15 is 0 Å². The Morgan fingerprint density at radius 3 is 2.13 bits per heavy atom. The summed E-state index contributed by atoms with van der Waals surface area (Å²) in [5.41, 5.74) is -0.337. The third-order valence-electron chi connectivity index (χ3n) is 3.67. The molecule has 2 nitrogen and oxygen atoms in total. The number of piperazine rings is 1. The molecule has 9 heteroatoms. The monoisotopic (exact) mass is 378 g/mol. The van der Waals surface area contributed by atoms with Gasteiger partial charge in [0.05, 0.1) is 0 Å². The lowest BCUT2D eigenvalue weighted by molar-refractivity contribution is -0.138. The molecule has 1 saturated heterocycles. The third-order valence-corrected chi connectivity index (χ3v) is 3.89. The first kappa shape index (κ1) is 20.4. The van der Waals surface area contributed by atoms with Gasteiger partial charge in [-0.1, -0.05) is 11.6 Å². The van der Waals surface area contributed by atoms with Gasteiger partial charge in [0.1, 0.15) is 11.6 Å². The molecule has 0 unspecified atom stereocenters. The molecule has 1 aliphatic heterocycles. The number of alkyl halides is 3. The highest BCUT2D eigenvalue weighted by molar-refractivity contribution is 6.30. The summed E-state index contributed by atoms with van der Waals surface area (Å²) in [6.07, 6.45) is -5.85. The van der Waals surface area contributed by atoms with Gasteiger partial charge in [0.2, 0.25) is 0 Å². The Hall–Kier alpha value is -0.630. The van der Waals surface area contributed by atoms with Crippen LogP contribution in [-0.4, -0.2) is 37.3 Å². The molecule has 0 radical (unpaired) electrons. The van der Waals surface area contributed by atoms with Crippen molar-refractivity contribution < 1.29 is 22.0 Å². The zero-order valence-electron chi connectivity index (χ0n) is 12.1. The number of rotatable bonds is 4. The predicted octanol–water partition coefficient (Wildman–Crippen LogP) is 4.33. The average Bonchev–Trinajstić information content (AvgIpc) is 2.41. The Morgan fingerprint density at radius 1 is 1.13 bits per heavy atom. The van der Waals surface area contributed by atoms with Crippen molar-refractivity contribution >= 4 is 24.0 Å². The van der Waals surface area contributed by atoms with E-state index in [1.54, 1.807) is 4.90 Å². The topological polar surface area (TPSA) is 15.3 Å². The largest absolute Gasteiger partial charge is 0.389 e. The van der Waals surface area contributed by atoms with Crippen LogP contribution in [0.3, 0.4) is 0 Å². The molecule has 2 rings (SSSR count). The summed E-state index contributed by atoms with van der Waals surface area (Å²) in [7, 11) is 0. The number of nitrogens with zero attached hydrogens (tertiary/aromatic N) is 1. The molecule has 1 aromatic rings. The third kappa shape index (κ3) is 5.74. The molecular weight excluding hydrogens is 362 g/mol. The molecule has 0 saturated carbocycles. The van der Waals surface area contributed by atoms with Crippen molar-refractivity contribution in [2.45, 2.75) is 25.1 Å². The highest BCUT2D eigenvalue weighted by Gasteiger charge is 2.33. The summed E-state index contributed by atoms with van der Waals surface area (Å²) < 4.78 is 65.8. The Balaban J connectivity index is 0.00000264. The lowest BCUT2D eigenvalue weighted by Crippen LogP contribution is -2.45. The smallest absolute Gasteiger partial charge is 0.314 e. The van der Waals surface area contributed by atoms with E-state index in [0.717, 1.165) is 12.1 Å². The number of nitrogens with one attached hydrogen (secondary N) is 1. The van der Waals surface area contributed by atoms with Crippen LogP contribution in [0, 0.1) is 11.6 Å². The summed E-state index contributed by atoms with van der Waals surface area (Å²) >= 11 is 5.58. The van der Waals surface area contributed by atoms with E-state index in [4.69, 9.17) is 11.6 Å². The molecule has 23 heavy (non-hydrogen) atoms. The minimum atomic E-state index is -4.37. The van der Waals surface area contributed by atoms with Crippen molar-refractivity contribution in [2.75, 3.05) is 26.2 Å². The van der Waals surface area contributed by atoms with Gasteiger partial charge < -0.3 is 5.32 Å². The van der Waals surface area contributed by atoms with Crippen LogP contribution in [0.4, 0.5) is 22.0 Å². The molecule has 1 aromatic carbocycles. The molecule has 132 valence electrons. The van der Waals surface area contributed by atoms with Crippen LogP contribution in [0.2, 0.25) is 5.02 Å². The SMILES string of the molecule is Cl.Fc1cc(Cl)cc(F)c1[C@@H](CCC(F)(F)F)N1CCNCC1. The van der Waals surface area contributed by atoms with Crippen LogP contribution in [0.25, 0.3) is 0 Å². The lowest BCUT2D eigenvalue weighted by atomic mass is 9.98. The number of benzene rings is 1. The molecule has 0 aromatic heterocycles. The summed E-state index contributed by atoms with van der Waals surface area (Å²) in [5, 5.41) is 2.94. The van der Waals surface area contributed by atoms with Crippen LogP contribution in [-0.2, 0) is 0 Å². The Morgan fingerprint density at radius 2 is 1.65 bits per heavy atom. The fourth-order valence-electron chi connectivity index (χ4n) is 2.68. The number of hydrogen-bond donors (Lipinski definition) is 1. The van der Waals surface area contributed by atoms with Gasteiger partial charge in [0.15, 0.2) is 0 Å². The highest BCUT2D eigenvalue weighted by atomic mass is 35.5. The van der Waals surface area contributed by atoms with E-state index in [2.05, 4.69) is 5.32 Å². The molecule has 1 heterocycles. The van der Waals surface area contributed by atoms with Gasteiger partial charge in [-0.05, 0) is 18.6 Å². The Kier molecular flexibility index (Phi) is 7.51. The van der Waals surface area contributed by atoms with E-state index in [-0.39, 0.29) is 29.4 Å². The van der Waals surface area contributed by atoms with Gasteiger partial charge >= 0.3 is 6.18 Å². The van der Waals surface area contributed by atoms with Gasteiger partial charge in [0.25, 0.3) is 0 Å². The summed E-state index contributed by atoms with van der Waals surface area (Å²) in [4.78, 5) is 1.68. The van der Waals surface area contributed by atoms with E-state index in [9.17, 15) is 22.0 Å². The molecule has 1 N–H and O–H groups in total. The van der Waals surface area contributed by atoms with E-state index in [1.807, 2.05) is 0 Å². The van der Waals surface area contributed by atoms with Crippen molar-refractivity contribution in [3.8, 4) is 0 Å². The van der Waals surface area contributed by atoms with Crippen LogP contribution < -0.4 is 5.32 Å². The molecule has 0 aliphatic carbocycles. The maximum atomic E-state index is 14.1. The van der Waals surface area contributed by atoms with Crippen LogP contribution in [0.5, 0.6) is 0 Å². The van der Waals surface area contributed by atoms with Crippen molar-refractivity contribution in [3.05, 3.63) is 34.4 Å². The minimum absolute atomic E-state index is 0. The first-order chi connectivity index (χ1) is 10.3. The van der Waals surface area contributed by atoms with Crippen molar-refractivity contribution in [1.82, 2.24) is 10.2 Å². The van der Waals surface area contributed by atoms with Crippen molar-refractivity contribution in [1.29, 1.82) is 0 Å². The second-order valence-corrected chi connectivity index (χ2v) is 5.68. The number of halogens is 7. The molecule has 0 amide bonds. The fourth-order valence-corrected chi connectivity index (χ4v) is 2.87. The maximum absolute atomic E-state index is 14.1. The zero-order valence-corrected chi connectivity index (χ0v) is 13.7. The molecule has 0 spiro atoms. The van der Waals surface area contributed by atoms with E-state index in [0.29, 0.717) is 26.2 Å². The second-order valence-electron chi connectivity index (χ2n) is 5.24. The highest BCUT2D eigenvalue weighted by Crippen LogP contribution is 2.35. The molecule has 1 aliphatic rings. The molecule has 1 fully saturated rings. The first-order valence-electron chi connectivity index (χ1n) is 6.94. The summed E-state index contributed by atoms with van der Waals surface area (Å²) in [5.74, 6) is -1.81. The zero-order chi connectivity index (χ0) is 16.3. The maximum Gasteiger partial charge on any atom is 0.389 e. The number of hydrogen-bond acceptors (Lipinski definition) is 2. The molecule has 0 bridgehead atoms. The van der Waals surface area contributed by atoms with Gasteiger partial charge in [-0.2, -0.15) is 13.2 Å². The first-order valence-corrected chi connectivity index (χ1v) is 7.31. The van der Waals surface area contributed by atoms with E-state index < -0.39 is 30.3 Å². The standard InChI is InChI=1S/C14H16ClF5N2.ClH/c15-9-7-10(16)13(11(17)8-9)12(1-2-14(18,19)20)22-5-3-21-4-6-22;/h7-8,12,21H,1-6H2;1H/t12-;/m1./s1. The summed E-state index contributed by atoms with van der Waals surface area (Å²) in [6.45, 7) is 2.01. The minimum Gasteiger partial charge on any atom is -0.314 e. The molecular formula is C14H17Cl2F5N2. The van der Waals surface area contributed by atoms with Gasteiger partial charge in [-0.25, -0.2) is 8.78 Å². The normalized spacial score (nSPS) is 17.7. The Labute approximate surface area is 142 Å². The van der Waals surface area contributed by atoms with E-state index in [1.165, 1.54) is 0 Å². The van der Waals surface area contributed by atoms with Crippen molar-refractivity contribution in [3.63, 3.8) is 0 Å². The van der Waals surface area contributed by atoms with Gasteiger partial charge in [0, 0.05) is 49.2 Å². The average molecular weight is 379 g/mol. The second kappa shape index (κ2) is 8.46. The van der Waals surface area contributed by atoms with Crippen LogP contribution in [0.15, 0.2) is 12.1 Å². The van der Waals surface area contributed by atoms with Gasteiger partial charge in [-0.3, -0.25) is 4.90 Å². The summed E-state index contributed by atoms with van der Waals surface area (Å²) in [6, 6.07) is 0.909. The fraction of sp³-hybridized carbons (Fsp3) is 0.571. The predicted molar refractivity (Wildman–Crippen MR) is 81.1 cm³/mol. The van der Waals surface area contributed by atoms with Crippen molar-refractivity contribution in [2.24, 2.45) is 0 Å². The van der Waals surface area contributed by atoms with Crippen LogP contribution in [0.1, 0.15) is 24.4 Å². The quantitative estimate of drug-likeness (QED) is 0.784. The van der Waals surface area contributed by atoms with Gasteiger partial charge in [-0.15, -0.1) is 12.4 Å².